The molecule has 1 aliphatic heterocycles. The van der Waals surface area contributed by atoms with Crippen LogP contribution in [-0.2, 0) is 16.4 Å². The van der Waals surface area contributed by atoms with Gasteiger partial charge in [0, 0.05) is 18.7 Å². The lowest BCUT2D eigenvalue weighted by Crippen LogP contribution is -2.38. The minimum Gasteiger partial charge on any atom is -0.497 e. The topological polar surface area (TPSA) is 75.7 Å². The molecule has 0 aliphatic carbocycles. The monoisotopic (exact) mass is 416 g/mol. The molecule has 1 N–H and O–H groups in total. The fourth-order valence-corrected chi connectivity index (χ4v) is 5.20. The Kier molecular flexibility index (Phi) is 6.79. The fraction of sp³-hybridized carbons (Fsp3) is 0.409. The summed E-state index contributed by atoms with van der Waals surface area (Å²) in [6.07, 6.45) is 3.16. The van der Waals surface area contributed by atoms with E-state index in [1.807, 2.05) is 37.3 Å². The van der Waals surface area contributed by atoms with Crippen LogP contribution >= 0.6 is 0 Å². The van der Waals surface area contributed by atoms with Crippen LogP contribution in [0.3, 0.4) is 0 Å². The van der Waals surface area contributed by atoms with Crippen molar-refractivity contribution in [3.63, 3.8) is 0 Å². The Morgan fingerprint density at radius 2 is 2.00 bits per heavy atom. The van der Waals surface area contributed by atoms with Crippen molar-refractivity contribution in [2.45, 2.75) is 32.6 Å². The van der Waals surface area contributed by atoms with Crippen molar-refractivity contribution in [1.82, 2.24) is 5.32 Å². The van der Waals surface area contributed by atoms with Crippen molar-refractivity contribution in [2.75, 3.05) is 30.3 Å². The van der Waals surface area contributed by atoms with Crippen molar-refractivity contribution in [1.29, 1.82) is 0 Å². The standard InChI is InChI=1S/C22H28N2O4S/c1-17-10-11-19(16-21(17)24-13-3-4-14-29(24,26)27)22(25)23-12-6-8-18-7-5-9-20(15-18)28-2/h5,7,9-11,15-16H,3-4,6,8,12-14H2,1-2H3,(H,23,25). The van der Waals surface area contributed by atoms with Gasteiger partial charge in [-0.3, -0.25) is 9.10 Å². The number of aryl methyl sites for hydroxylation is 2. The molecule has 1 amide bonds. The predicted molar refractivity (Wildman–Crippen MR) is 115 cm³/mol. The van der Waals surface area contributed by atoms with E-state index in [-0.39, 0.29) is 11.7 Å². The second kappa shape index (κ2) is 9.31. The van der Waals surface area contributed by atoms with Crippen molar-refractivity contribution >= 4 is 21.6 Å². The highest BCUT2D eigenvalue weighted by atomic mass is 32.2. The molecule has 1 aliphatic rings. The number of methoxy groups -OCH3 is 1. The van der Waals surface area contributed by atoms with Crippen LogP contribution in [0.15, 0.2) is 42.5 Å². The van der Waals surface area contributed by atoms with Crippen LogP contribution in [0.5, 0.6) is 5.75 Å². The first-order chi connectivity index (χ1) is 13.9. The van der Waals surface area contributed by atoms with E-state index < -0.39 is 10.0 Å². The number of nitrogens with zero attached hydrogens (tertiary/aromatic N) is 1. The number of ether oxygens (including phenoxy) is 1. The van der Waals surface area contributed by atoms with Gasteiger partial charge in [0.25, 0.3) is 5.91 Å². The number of benzene rings is 2. The molecule has 1 saturated heterocycles. The average Bonchev–Trinajstić information content (AvgIpc) is 2.71. The molecular weight excluding hydrogens is 388 g/mol. The third-order valence-electron chi connectivity index (χ3n) is 5.15. The Morgan fingerprint density at radius 1 is 1.17 bits per heavy atom. The van der Waals surface area contributed by atoms with E-state index in [1.165, 1.54) is 4.31 Å². The molecule has 1 fully saturated rings. The van der Waals surface area contributed by atoms with Crippen molar-refractivity contribution in [3.8, 4) is 5.75 Å². The quantitative estimate of drug-likeness (QED) is 0.703. The maximum absolute atomic E-state index is 12.6. The molecule has 1 heterocycles. The second-order valence-electron chi connectivity index (χ2n) is 7.31. The van der Waals surface area contributed by atoms with Gasteiger partial charge in [-0.05, 0) is 68.0 Å². The zero-order valence-corrected chi connectivity index (χ0v) is 17.8. The molecule has 0 radical (unpaired) electrons. The van der Waals surface area contributed by atoms with Crippen molar-refractivity contribution in [3.05, 3.63) is 59.2 Å². The Balaban J connectivity index is 1.61. The first-order valence-corrected chi connectivity index (χ1v) is 11.5. The Hall–Kier alpha value is -2.54. The highest BCUT2D eigenvalue weighted by molar-refractivity contribution is 7.92. The predicted octanol–water partition coefficient (Wildman–Crippen LogP) is 3.30. The molecule has 2 aromatic carbocycles. The number of anilines is 1. The van der Waals surface area contributed by atoms with Crippen molar-refractivity contribution < 1.29 is 17.9 Å². The third kappa shape index (κ3) is 5.29. The lowest BCUT2D eigenvalue weighted by atomic mass is 10.1. The smallest absolute Gasteiger partial charge is 0.251 e. The Labute approximate surface area is 172 Å². The molecule has 3 rings (SSSR count). The summed E-state index contributed by atoms with van der Waals surface area (Å²) < 4.78 is 31.5. The molecule has 7 heteroatoms. The number of sulfonamides is 1. The third-order valence-corrected chi connectivity index (χ3v) is 7.01. The number of nitrogens with one attached hydrogen (secondary N) is 1. The van der Waals surface area contributed by atoms with Crippen LogP contribution in [0.2, 0.25) is 0 Å². The summed E-state index contributed by atoms with van der Waals surface area (Å²) in [5.41, 5.74) is 3.10. The summed E-state index contributed by atoms with van der Waals surface area (Å²) in [5.74, 6) is 0.797. The number of amides is 1. The summed E-state index contributed by atoms with van der Waals surface area (Å²) in [4.78, 5) is 12.6. The van der Waals surface area contributed by atoms with Crippen LogP contribution in [-0.4, -0.2) is 40.3 Å². The van der Waals surface area contributed by atoms with Gasteiger partial charge in [0.1, 0.15) is 5.75 Å². The molecule has 156 valence electrons. The SMILES string of the molecule is COc1cccc(CCCNC(=O)c2ccc(C)c(N3CCCCS3(=O)=O)c2)c1. The normalized spacial score (nSPS) is 15.7. The molecule has 0 bridgehead atoms. The van der Waals surface area contributed by atoms with Gasteiger partial charge < -0.3 is 10.1 Å². The van der Waals surface area contributed by atoms with Crippen LogP contribution in [0.25, 0.3) is 0 Å². The minimum atomic E-state index is -3.31. The maximum atomic E-state index is 12.6. The van der Waals surface area contributed by atoms with E-state index >= 15 is 0 Å². The summed E-state index contributed by atoms with van der Waals surface area (Å²) >= 11 is 0. The Bertz CT molecular complexity index is 973. The average molecular weight is 417 g/mol. The highest BCUT2D eigenvalue weighted by Gasteiger charge is 2.27. The van der Waals surface area contributed by atoms with Gasteiger partial charge >= 0.3 is 0 Å². The van der Waals surface area contributed by atoms with E-state index in [1.54, 1.807) is 19.2 Å². The zero-order valence-electron chi connectivity index (χ0n) is 17.0. The number of hydrogen-bond donors (Lipinski definition) is 1. The molecule has 0 unspecified atom stereocenters. The molecule has 6 nitrogen and oxygen atoms in total. The van der Waals surface area contributed by atoms with E-state index in [0.29, 0.717) is 30.8 Å². The Morgan fingerprint density at radius 3 is 2.76 bits per heavy atom. The maximum Gasteiger partial charge on any atom is 0.251 e. The van der Waals surface area contributed by atoms with Crippen LogP contribution < -0.4 is 14.4 Å². The largest absolute Gasteiger partial charge is 0.497 e. The minimum absolute atomic E-state index is 0.160. The van der Waals surface area contributed by atoms with Crippen molar-refractivity contribution in [2.24, 2.45) is 0 Å². The fourth-order valence-electron chi connectivity index (χ4n) is 3.50. The molecule has 29 heavy (non-hydrogen) atoms. The molecule has 0 atom stereocenters. The zero-order chi connectivity index (χ0) is 20.9. The summed E-state index contributed by atoms with van der Waals surface area (Å²) in [7, 11) is -1.66. The summed E-state index contributed by atoms with van der Waals surface area (Å²) in [6, 6.07) is 13.1. The van der Waals surface area contributed by atoms with Gasteiger partial charge in [-0.1, -0.05) is 18.2 Å². The van der Waals surface area contributed by atoms with Crippen LogP contribution in [0, 0.1) is 6.92 Å². The van der Waals surface area contributed by atoms with Crippen LogP contribution in [0.1, 0.15) is 40.7 Å². The summed E-state index contributed by atoms with van der Waals surface area (Å²) in [5, 5.41) is 2.93. The molecule has 0 spiro atoms. The lowest BCUT2D eigenvalue weighted by Gasteiger charge is -2.29. The highest BCUT2D eigenvalue weighted by Crippen LogP contribution is 2.28. The number of hydrogen-bond acceptors (Lipinski definition) is 4. The van der Waals surface area contributed by atoms with Gasteiger partial charge in [0.2, 0.25) is 10.0 Å². The van der Waals surface area contributed by atoms with Crippen LogP contribution in [0.4, 0.5) is 5.69 Å². The van der Waals surface area contributed by atoms with Gasteiger partial charge in [0.05, 0.1) is 18.6 Å². The summed E-state index contributed by atoms with van der Waals surface area (Å²) in [6.45, 7) is 2.88. The molecule has 0 aromatic heterocycles. The lowest BCUT2D eigenvalue weighted by molar-refractivity contribution is 0.0953. The number of rotatable bonds is 7. The number of carbonyl (C=O) groups excluding carboxylic acids is 1. The number of carbonyl (C=O) groups is 1. The van der Waals surface area contributed by atoms with Gasteiger partial charge in [-0.25, -0.2) is 8.42 Å². The molecule has 0 saturated carbocycles. The van der Waals surface area contributed by atoms with E-state index in [4.69, 9.17) is 4.74 Å². The first-order valence-electron chi connectivity index (χ1n) is 9.93. The van der Waals surface area contributed by atoms with E-state index in [9.17, 15) is 13.2 Å². The van der Waals surface area contributed by atoms with Gasteiger partial charge in [-0.2, -0.15) is 0 Å². The van der Waals surface area contributed by atoms with Gasteiger partial charge in [0.15, 0.2) is 0 Å². The van der Waals surface area contributed by atoms with E-state index in [2.05, 4.69) is 5.32 Å². The van der Waals surface area contributed by atoms with Gasteiger partial charge in [-0.15, -0.1) is 0 Å². The first kappa shape index (κ1) is 21.2. The molecule has 2 aromatic rings. The van der Waals surface area contributed by atoms with E-state index in [0.717, 1.165) is 36.1 Å². The molecular formula is C22H28N2O4S. The second-order valence-corrected chi connectivity index (χ2v) is 9.32.